The van der Waals surface area contributed by atoms with E-state index >= 15 is 0 Å². The van der Waals surface area contributed by atoms with Crippen LogP contribution in [0.25, 0.3) is 0 Å². The Bertz CT molecular complexity index is 1280. The lowest BCUT2D eigenvalue weighted by Crippen LogP contribution is -2.53. The average Bonchev–Trinajstić information content (AvgIpc) is 3.38. The summed E-state index contributed by atoms with van der Waals surface area (Å²) in [6, 6.07) is 10.4. The second-order valence-corrected chi connectivity index (χ2v) is 9.25. The number of nitrogens with zero attached hydrogens (tertiary/aromatic N) is 5. The lowest BCUT2D eigenvalue weighted by atomic mass is 9.84. The third kappa shape index (κ3) is 6.33. The number of hydrazone groups is 1. The van der Waals surface area contributed by atoms with Gasteiger partial charge in [-0.3, -0.25) is 9.69 Å². The molecule has 2 N–H and O–H groups in total. The van der Waals surface area contributed by atoms with Crippen LogP contribution in [0.5, 0.6) is 0 Å². The van der Waals surface area contributed by atoms with Crippen molar-refractivity contribution in [2.24, 2.45) is 5.10 Å². The molecular weight excluding hydrogens is 478 g/mol. The van der Waals surface area contributed by atoms with E-state index in [1.807, 2.05) is 36.1 Å². The molecule has 1 aliphatic rings. The van der Waals surface area contributed by atoms with Crippen LogP contribution in [0, 0.1) is 18.6 Å². The van der Waals surface area contributed by atoms with Crippen LogP contribution >= 0.6 is 0 Å². The molecule has 2 aromatic carbocycles. The number of carbonyl (C=O) groups is 1. The van der Waals surface area contributed by atoms with E-state index in [1.54, 1.807) is 19.2 Å². The maximum absolute atomic E-state index is 14.8. The van der Waals surface area contributed by atoms with Gasteiger partial charge in [0.15, 0.2) is 0 Å². The summed E-state index contributed by atoms with van der Waals surface area (Å²) in [4.78, 5) is 18.3. The minimum absolute atomic E-state index is 0.0101. The van der Waals surface area contributed by atoms with E-state index in [4.69, 9.17) is 0 Å². The average molecular weight is 509 g/mol. The van der Waals surface area contributed by atoms with Gasteiger partial charge in [0.25, 0.3) is 5.91 Å². The van der Waals surface area contributed by atoms with E-state index in [1.165, 1.54) is 23.4 Å². The highest BCUT2D eigenvalue weighted by molar-refractivity contribution is 5.89. The molecule has 0 aliphatic carbocycles. The standard InChI is InChI=1S/C27H30F2N6O2/c1-19-5-3-4-6-22(19)15-31-33-26(36)13-21-9-11-34(12-10-21)20(2)27(37,16-35-18-30-17-32-35)24-8-7-23(28)14-25(24)29/h3-8,13-15,17-18,20,37H,9-12,16H2,1-2H3,(H,33,36)/t20-,27-/m1/s1. The zero-order valence-electron chi connectivity index (χ0n) is 20.8. The first-order valence-corrected chi connectivity index (χ1v) is 12.1. The Balaban J connectivity index is 1.42. The van der Waals surface area contributed by atoms with Crippen LogP contribution in [0.15, 0.2) is 71.9 Å². The zero-order valence-corrected chi connectivity index (χ0v) is 20.8. The maximum atomic E-state index is 14.8. The lowest BCUT2D eigenvalue weighted by Gasteiger charge is -2.43. The molecule has 10 heteroatoms. The topological polar surface area (TPSA) is 95.6 Å². The van der Waals surface area contributed by atoms with Crippen LogP contribution in [0.2, 0.25) is 0 Å². The fourth-order valence-corrected chi connectivity index (χ4v) is 4.60. The molecule has 0 saturated carbocycles. The number of aliphatic hydroxyl groups is 1. The van der Waals surface area contributed by atoms with E-state index in [2.05, 4.69) is 20.6 Å². The summed E-state index contributed by atoms with van der Waals surface area (Å²) in [7, 11) is 0. The first-order valence-electron chi connectivity index (χ1n) is 12.1. The zero-order chi connectivity index (χ0) is 26.4. The summed E-state index contributed by atoms with van der Waals surface area (Å²) >= 11 is 0. The van der Waals surface area contributed by atoms with Crippen molar-refractivity contribution in [3.63, 3.8) is 0 Å². The van der Waals surface area contributed by atoms with Crippen molar-refractivity contribution in [3.8, 4) is 0 Å². The number of nitrogens with one attached hydrogen (secondary N) is 1. The largest absolute Gasteiger partial charge is 0.381 e. The van der Waals surface area contributed by atoms with E-state index < -0.39 is 23.3 Å². The second-order valence-electron chi connectivity index (χ2n) is 9.25. The number of hydrogen-bond donors (Lipinski definition) is 2. The third-order valence-corrected chi connectivity index (χ3v) is 6.85. The molecule has 3 aromatic rings. The quantitative estimate of drug-likeness (QED) is 0.277. The molecule has 4 rings (SSSR count). The SMILES string of the molecule is Cc1ccccc1C=NNC(=O)C=C1CCN([C@H](C)[C@](O)(Cn2cncn2)c2ccc(F)cc2F)CC1. The molecule has 194 valence electrons. The summed E-state index contributed by atoms with van der Waals surface area (Å²) < 4.78 is 29.8. The van der Waals surface area contributed by atoms with Gasteiger partial charge in [-0.15, -0.1) is 0 Å². The summed E-state index contributed by atoms with van der Waals surface area (Å²) in [5, 5.41) is 19.9. The predicted molar refractivity (Wildman–Crippen MR) is 136 cm³/mol. The summed E-state index contributed by atoms with van der Waals surface area (Å²) in [5.74, 6) is -1.85. The number of piperidine rings is 1. The van der Waals surface area contributed by atoms with Gasteiger partial charge in [0.2, 0.25) is 0 Å². The fraction of sp³-hybridized carbons (Fsp3) is 0.333. The Morgan fingerprint density at radius 1 is 1.24 bits per heavy atom. The molecule has 1 saturated heterocycles. The van der Waals surface area contributed by atoms with Crippen molar-refractivity contribution in [1.82, 2.24) is 25.1 Å². The Morgan fingerprint density at radius 2 is 2.00 bits per heavy atom. The molecule has 1 aliphatic heterocycles. The Morgan fingerprint density at radius 3 is 2.68 bits per heavy atom. The second kappa shape index (κ2) is 11.5. The van der Waals surface area contributed by atoms with Gasteiger partial charge in [-0.2, -0.15) is 10.2 Å². The number of aryl methyl sites for hydroxylation is 1. The molecule has 0 unspecified atom stereocenters. The number of benzene rings is 2. The van der Waals surface area contributed by atoms with Crippen LogP contribution < -0.4 is 5.43 Å². The van der Waals surface area contributed by atoms with Gasteiger partial charge in [-0.25, -0.2) is 23.9 Å². The van der Waals surface area contributed by atoms with Crippen LogP contribution in [0.1, 0.15) is 36.5 Å². The molecule has 0 bridgehead atoms. The van der Waals surface area contributed by atoms with E-state index in [9.17, 15) is 18.7 Å². The molecule has 1 amide bonds. The number of hydrogen-bond acceptors (Lipinski definition) is 6. The first kappa shape index (κ1) is 26.3. The van der Waals surface area contributed by atoms with Gasteiger partial charge in [0, 0.05) is 36.8 Å². The van der Waals surface area contributed by atoms with Crippen molar-refractivity contribution in [1.29, 1.82) is 0 Å². The van der Waals surface area contributed by atoms with Gasteiger partial charge in [-0.05, 0) is 43.9 Å². The molecule has 1 aromatic heterocycles. The number of likely N-dealkylation sites (tertiary alicyclic amines) is 1. The highest BCUT2D eigenvalue weighted by atomic mass is 19.1. The molecule has 0 spiro atoms. The van der Waals surface area contributed by atoms with Crippen LogP contribution in [0.3, 0.4) is 0 Å². The predicted octanol–water partition coefficient (Wildman–Crippen LogP) is 3.31. The molecule has 0 radical (unpaired) electrons. The lowest BCUT2D eigenvalue weighted by molar-refractivity contribution is -0.116. The number of aromatic nitrogens is 3. The highest BCUT2D eigenvalue weighted by Crippen LogP contribution is 2.34. The van der Waals surface area contributed by atoms with Crippen LogP contribution in [-0.4, -0.2) is 56.0 Å². The fourth-order valence-electron chi connectivity index (χ4n) is 4.60. The van der Waals surface area contributed by atoms with E-state index in [0.717, 1.165) is 28.8 Å². The van der Waals surface area contributed by atoms with Gasteiger partial charge in [0.05, 0.1) is 12.8 Å². The smallest absolute Gasteiger partial charge is 0.264 e. The minimum atomic E-state index is -1.70. The van der Waals surface area contributed by atoms with Gasteiger partial charge < -0.3 is 5.11 Å². The molecule has 2 atom stereocenters. The third-order valence-electron chi connectivity index (χ3n) is 6.85. The van der Waals surface area contributed by atoms with Crippen LogP contribution in [-0.2, 0) is 16.9 Å². The van der Waals surface area contributed by atoms with Crippen molar-refractivity contribution < 1.29 is 18.7 Å². The van der Waals surface area contributed by atoms with Crippen LogP contribution in [0.4, 0.5) is 8.78 Å². The summed E-state index contributed by atoms with van der Waals surface area (Å²) in [6.45, 7) is 4.82. The number of amides is 1. The normalized spacial score (nSPS) is 16.9. The van der Waals surface area contributed by atoms with Gasteiger partial charge in [-0.1, -0.05) is 35.9 Å². The number of rotatable bonds is 8. The van der Waals surface area contributed by atoms with E-state index in [-0.39, 0.29) is 18.0 Å². The molecule has 37 heavy (non-hydrogen) atoms. The van der Waals surface area contributed by atoms with Crippen molar-refractivity contribution in [3.05, 3.63) is 95.1 Å². The van der Waals surface area contributed by atoms with Crippen molar-refractivity contribution >= 4 is 12.1 Å². The highest BCUT2D eigenvalue weighted by Gasteiger charge is 2.42. The number of carbonyl (C=O) groups excluding carboxylic acids is 1. The van der Waals surface area contributed by atoms with Crippen molar-refractivity contribution in [2.45, 2.75) is 44.9 Å². The molecular formula is C27H30F2N6O2. The van der Waals surface area contributed by atoms with Gasteiger partial charge >= 0.3 is 0 Å². The summed E-state index contributed by atoms with van der Waals surface area (Å²) in [5.41, 5.74) is 3.77. The first-order chi connectivity index (χ1) is 17.8. The monoisotopic (exact) mass is 508 g/mol. The Hall–Kier alpha value is -3.76. The Labute approximate surface area is 214 Å². The summed E-state index contributed by atoms with van der Waals surface area (Å²) in [6.07, 6.45) is 7.14. The van der Waals surface area contributed by atoms with E-state index in [0.29, 0.717) is 25.9 Å². The number of halogens is 2. The minimum Gasteiger partial charge on any atom is -0.381 e. The Kier molecular flexibility index (Phi) is 8.20. The van der Waals surface area contributed by atoms with Crippen molar-refractivity contribution in [2.75, 3.05) is 13.1 Å². The maximum Gasteiger partial charge on any atom is 0.264 e. The molecule has 2 heterocycles. The van der Waals surface area contributed by atoms with Gasteiger partial charge in [0.1, 0.15) is 29.9 Å². The molecule has 8 nitrogen and oxygen atoms in total. The molecule has 1 fully saturated rings.